The third-order valence-electron chi connectivity index (χ3n) is 4.76. The van der Waals surface area contributed by atoms with Gasteiger partial charge in [0.1, 0.15) is 5.75 Å². The maximum absolute atomic E-state index is 5.46. The fraction of sp³-hybridized carbons (Fsp3) is 0.579. The Labute approximate surface area is 149 Å². The van der Waals surface area contributed by atoms with Crippen molar-refractivity contribution in [1.82, 2.24) is 20.4 Å². The van der Waals surface area contributed by atoms with Crippen LogP contribution in [0.25, 0.3) is 11.4 Å². The fourth-order valence-corrected chi connectivity index (χ4v) is 3.28. The number of likely N-dealkylation sites (tertiary alicyclic amines) is 1. The fourth-order valence-electron chi connectivity index (χ4n) is 3.28. The molecule has 136 valence electrons. The molecule has 1 aromatic carbocycles. The van der Waals surface area contributed by atoms with Crippen LogP contribution < -0.4 is 10.1 Å². The first-order valence-electron chi connectivity index (χ1n) is 9.21. The summed E-state index contributed by atoms with van der Waals surface area (Å²) in [6.45, 7) is 6.70. The van der Waals surface area contributed by atoms with Crippen LogP contribution in [0.15, 0.2) is 28.8 Å². The molecule has 3 rings (SSSR count). The number of hydrogen-bond donors (Lipinski definition) is 1. The van der Waals surface area contributed by atoms with E-state index < -0.39 is 0 Å². The Morgan fingerprint density at radius 2 is 2.00 bits per heavy atom. The van der Waals surface area contributed by atoms with Gasteiger partial charge in [0.05, 0.1) is 13.2 Å². The van der Waals surface area contributed by atoms with Gasteiger partial charge < -0.3 is 14.6 Å². The summed E-state index contributed by atoms with van der Waals surface area (Å²) in [5, 5.41) is 7.36. The van der Waals surface area contributed by atoms with Gasteiger partial charge in [0, 0.05) is 5.56 Å². The molecule has 1 aliphatic rings. The highest BCUT2D eigenvalue weighted by Crippen LogP contribution is 2.23. The predicted molar refractivity (Wildman–Crippen MR) is 97.4 cm³/mol. The quantitative estimate of drug-likeness (QED) is 0.794. The molecule has 2 heterocycles. The lowest BCUT2D eigenvalue weighted by Crippen LogP contribution is -2.34. The van der Waals surface area contributed by atoms with E-state index in [4.69, 9.17) is 9.26 Å². The van der Waals surface area contributed by atoms with E-state index in [1.54, 1.807) is 0 Å². The van der Waals surface area contributed by atoms with Crippen LogP contribution in [0.2, 0.25) is 0 Å². The van der Waals surface area contributed by atoms with Gasteiger partial charge in [0.25, 0.3) is 0 Å². The highest BCUT2D eigenvalue weighted by molar-refractivity contribution is 5.55. The number of benzene rings is 1. The van der Waals surface area contributed by atoms with E-state index >= 15 is 0 Å². The summed E-state index contributed by atoms with van der Waals surface area (Å²) in [5.74, 6) is 3.03. The van der Waals surface area contributed by atoms with Gasteiger partial charge in [-0.15, -0.1) is 0 Å². The molecule has 1 N–H and O–H groups in total. The van der Waals surface area contributed by atoms with Crippen LogP contribution >= 0.6 is 0 Å². The minimum Gasteiger partial charge on any atom is -0.494 e. The van der Waals surface area contributed by atoms with Crippen LogP contribution in [0.3, 0.4) is 0 Å². The van der Waals surface area contributed by atoms with Crippen molar-refractivity contribution in [2.75, 3.05) is 33.3 Å². The zero-order valence-electron chi connectivity index (χ0n) is 15.2. The standard InChI is InChI=1S/C19H28N4O2/c1-3-24-17-6-4-16(5-7-17)19-21-18(25-22-19)14-23-12-9-15(10-13-23)8-11-20-2/h4-7,15,20H,3,8-14H2,1-2H3. The lowest BCUT2D eigenvalue weighted by Gasteiger charge is -2.30. The topological polar surface area (TPSA) is 63.4 Å². The van der Waals surface area contributed by atoms with Crippen molar-refractivity contribution in [3.8, 4) is 17.1 Å². The number of ether oxygens (including phenoxy) is 1. The molecule has 0 spiro atoms. The van der Waals surface area contributed by atoms with E-state index in [0.717, 1.165) is 43.4 Å². The molecule has 0 atom stereocenters. The summed E-state index contributed by atoms with van der Waals surface area (Å²) >= 11 is 0. The molecule has 0 saturated carbocycles. The first-order chi connectivity index (χ1) is 12.3. The number of nitrogens with one attached hydrogen (secondary N) is 1. The smallest absolute Gasteiger partial charge is 0.241 e. The van der Waals surface area contributed by atoms with Crippen LogP contribution in [-0.2, 0) is 6.54 Å². The van der Waals surface area contributed by atoms with Gasteiger partial charge in [-0.1, -0.05) is 5.16 Å². The van der Waals surface area contributed by atoms with Crippen molar-refractivity contribution in [1.29, 1.82) is 0 Å². The van der Waals surface area contributed by atoms with E-state index in [0.29, 0.717) is 18.3 Å². The summed E-state index contributed by atoms with van der Waals surface area (Å²) in [6, 6.07) is 7.80. The van der Waals surface area contributed by atoms with E-state index in [2.05, 4.69) is 20.4 Å². The van der Waals surface area contributed by atoms with Gasteiger partial charge in [-0.2, -0.15) is 4.98 Å². The normalized spacial score (nSPS) is 16.2. The molecule has 6 nitrogen and oxygen atoms in total. The monoisotopic (exact) mass is 344 g/mol. The molecule has 2 aromatic rings. The Kier molecular flexibility index (Phi) is 6.42. The second-order valence-corrected chi connectivity index (χ2v) is 6.58. The van der Waals surface area contributed by atoms with Gasteiger partial charge in [-0.25, -0.2) is 0 Å². The molecule has 1 saturated heterocycles. The van der Waals surface area contributed by atoms with Crippen LogP contribution in [-0.4, -0.2) is 48.3 Å². The summed E-state index contributed by atoms with van der Waals surface area (Å²) in [6.07, 6.45) is 3.77. The molecular formula is C19H28N4O2. The predicted octanol–water partition coefficient (Wildman–Crippen LogP) is 2.96. The maximum Gasteiger partial charge on any atom is 0.241 e. The van der Waals surface area contributed by atoms with Crippen LogP contribution in [0.1, 0.15) is 32.1 Å². The van der Waals surface area contributed by atoms with Gasteiger partial charge in [0.2, 0.25) is 11.7 Å². The lowest BCUT2D eigenvalue weighted by atomic mass is 9.93. The average molecular weight is 344 g/mol. The molecule has 0 amide bonds. The molecule has 1 aliphatic heterocycles. The first-order valence-corrected chi connectivity index (χ1v) is 9.21. The van der Waals surface area contributed by atoms with Crippen molar-refractivity contribution in [3.63, 3.8) is 0 Å². The lowest BCUT2D eigenvalue weighted by molar-refractivity contribution is 0.155. The van der Waals surface area contributed by atoms with Gasteiger partial charge in [-0.3, -0.25) is 4.90 Å². The van der Waals surface area contributed by atoms with Crippen molar-refractivity contribution in [2.24, 2.45) is 5.92 Å². The van der Waals surface area contributed by atoms with E-state index in [1.807, 2.05) is 38.2 Å². The van der Waals surface area contributed by atoms with Crippen molar-refractivity contribution >= 4 is 0 Å². The molecule has 6 heteroatoms. The minimum atomic E-state index is 0.641. The van der Waals surface area contributed by atoms with Crippen molar-refractivity contribution in [3.05, 3.63) is 30.2 Å². The van der Waals surface area contributed by atoms with Crippen LogP contribution in [0.5, 0.6) is 5.75 Å². The molecule has 0 radical (unpaired) electrons. The average Bonchev–Trinajstić information content (AvgIpc) is 3.10. The third kappa shape index (κ3) is 5.03. The Balaban J connectivity index is 1.52. The highest BCUT2D eigenvalue weighted by atomic mass is 16.5. The second-order valence-electron chi connectivity index (χ2n) is 6.58. The van der Waals surface area contributed by atoms with E-state index in [-0.39, 0.29) is 0 Å². The Hall–Kier alpha value is -1.92. The highest BCUT2D eigenvalue weighted by Gasteiger charge is 2.20. The number of nitrogens with zero attached hydrogens (tertiary/aromatic N) is 3. The molecule has 25 heavy (non-hydrogen) atoms. The summed E-state index contributed by atoms with van der Waals surface area (Å²) in [4.78, 5) is 6.96. The molecule has 1 fully saturated rings. The minimum absolute atomic E-state index is 0.641. The Bertz CT molecular complexity index is 633. The van der Waals surface area contributed by atoms with E-state index in [1.165, 1.54) is 19.3 Å². The maximum atomic E-state index is 5.46. The third-order valence-corrected chi connectivity index (χ3v) is 4.76. The Morgan fingerprint density at radius 1 is 1.24 bits per heavy atom. The summed E-state index contributed by atoms with van der Waals surface area (Å²) in [5.41, 5.74) is 0.948. The molecule has 0 bridgehead atoms. The van der Waals surface area contributed by atoms with Gasteiger partial charge in [-0.05, 0) is 83.1 Å². The largest absolute Gasteiger partial charge is 0.494 e. The van der Waals surface area contributed by atoms with Gasteiger partial charge in [0.15, 0.2) is 0 Å². The Morgan fingerprint density at radius 3 is 2.68 bits per heavy atom. The van der Waals surface area contributed by atoms with E-state index in [9.17, 15) is 0 Å². The molecule has 0 unspecified atom stereocenters. The van der Waals surface area contributed by atoms with Crippen molar-refractivity contribution in [2.45, 2.75) is 32.7 Å². The zero-order chi connectivity index (χ0) is 17.5. The second kappa shape index (κ2) is 8.97. The summed E-state index contributed by atoms with van der Waals surface area (Å²) in [7, 11) is 2.02. The number of rotatable bonds is 8. The first kappa shape index (κ1) is 17.9. The number of piperidine rings is 1. The SMILES string of the molecule is CCOc1ccc(-c2noc(CN3CCC(CCNC)CC3)n2)cc1. The number of hydrogen-bond acceptors (Lipinski definition) is 6. The van der Waals surface area contributed by atoms with Gasteiger partial charge >= 0.3 is 0 Å². The molecule has 1 aromatic heterocycles. The zero-order valence-corrected chi connectivity index (χ0v) is 15.2. The summed E-state index contributed by atoms with van der Waals surface area (Å²) < 4.78 is 10.9. The van der Waals surface area contributed by atoms with Crippen LogP contribution in [0, 0.1) is 5.92 Å². The van der Waals surface area contributed by atoms with Crippen molar-refractivity contribution < 1.29 is 9.26 Å². The molecule has 0 aliphatic carbocycles. The molecular weight excluding hydrogens is 316 g/mol. The van der Waals surface area contributed by atoms with Crippen LogP contribution in [0.4, 0.5) is 0 Å². The number of aromatic nitrogens is 2.